The molecule has 5 nitrogen and oxygen atoms in total. The molecule has 1 saturated heterocycles. The second-order valence-electron chi connectivity index (χ2n) is 5.77. The second kappa shape index (κ2) is 5.42. The molecule has 1 aliphatic heterocycles. The summed E-state index contributed by atoms with van der Waals surface area (Å²) in [5.74, 6) is 0. The SMILES string of the molecule is C[C@H](c1ccccn1)N1CC[C@H](S(=O)(=O)NC2CC2)C1. The summed E-state index contributed by atoms with van der Waals surface area (Å²) in [5.41, 5.74) is 1.00. The van der Waals surface area contributed by atoms with Gasteiger partial charge in [-0.15, -0.1) is 0 Å². The third-order valence-electron chi connectivity index (χ3n) is 4.19. The minimum absolute atomic E-state index is 0.164. The van der Waals surface area contributed by atoms with Crippen molar-refractivity contribution < 1.29 is 8.42 Å². The summed E-state index contributed by atoms with van der Waals surface area (Å²) in [6.45, 7) is 3.50. The highest BCUT2D eigenvalue weighted by Gasteiger charge is 2.38. The summed E-state index contributed by atoms with van der Waals surface area (Å²) in [4.78, 5) is 6.57. The lowest BCUT2D eigenvalue weighted by molar-refractivity contribution is 0.258. The summed E-state index contributed by atoms with van der Waals surface area (Å²) in [5, 5.41) is -0.283. The molecule has 1 aliphatic carbocycles. The van der Waals surface area contributed by atoms with Gasteiger partial charge in [0.2, 0.25) is 10.0 Å². The fraction of sp³-hybridized carbons (Fsp3) is 0.643. The Labute approximate surface area is 120 Å². The van der Waals surface area contributed by atoms with Gasteiger partial charge in [-0.1, -0.05) is 6.07 Å². The van der Waals surface area contributed by atoms with E-state index in [9.17, 15) is 8.42 Å². The third-order valence-corrected chi connectivity index (χ3v) is 6.11. The highest BCUT2D eigenvalue weighted by molar-refractivity contribution is 7.90. The molecule has 0 unspecified atom stereocenters. The van der Waals surface area contributed by atoms with Gasteiger partial charge in [-0.2, -0.15) is 0 Å². The molecule has 2 fully saturated rings. The summed E-state index contributed by atoms with van der Waals surface area (Å²) >= 11 is 0. The van der Waals surface area contributed by atoms with Gasteiger partial charge in [0.1, 0.15) is 0 Å². The van der Waals surface area contributed by atoms with Crippen LogP contribution in [0.5, 0.6) is 0 Å². The van der Waals surface area contributed by atoms with Crippen molar-refractivity contribution in [1.29, 1.82) is 0 Å². The smallest absolute Gasteiger partial charge is 0.216 e. The molecule has 2 heterocycles. The molecule has 0 radical (unpaired) electrons. The topological polar surface area (TPSA) is 62.3 Å². The molecule has 3 rings (SSSR count). The van der Waals surface area contributed by atoms with Gasteiger partial charge in [0.25, 0.3) is 0 Å². The van der Waals surface area contributed by atoms with Crippen LogP contribution in [0.1, 0.15) is 37.9 Å². The van der Waals surface area contributed by atoms with Crippen LogP contribution in [0.15, 0.2) is 24.4 Å². The van der Waals surface area contributed by atoms with Gasteiger partial charge in [0, 0.05) is 31.4 Å². The second-order valence-corrected chi connectivity index (χ2v) is 7.77. The number of hydrogen-bond donors (Lipinski definition) is 1. The van der Waals surface area contributed by atoms with E-state index in [1.807, 2.05) is 18.2 Å². The maximum absolute atomic E-state index is 12.2. The fourth-order valence-electron chi connectivity index (χ4n) is 2.70. The van der Waals surface area contributed by atoms with Gasteiger partial charge >= 0.3 is 0 Å². The molecule has 2 aliphatic rings. The maximum Gasteiger partial charge on any atom is 0.216 e. The van der Waals surface area contributed by atoms with Crippen LogP contribution < -0.4 is 4.72 Å². The molecule has 0 amide bonds. The van der Waals surface area contributed by atoms with Crippen molar-refractivity contribution in [1.82, 2.24) is 14.6 Å². The molecular formula is C14H21N3O2S. The van der Waals surface area contributed by atoms with Gasteiger partial charge < -0.3 is 0 Å². The molecule has 0 aromatic carbocycles. The Bertz CT molecular complexity index is 557. The predicted octanol–water partition coefficient (Wildman–Crippen LogP) is 1.30. The van der Waals surface area contributed by atoms with E-state index in [1.54, 1.807) is 6.20 Å². The van der Waals surface area contributed by atoms with Crippen molar-refractivity contribution in [2.24, 2.45) is 0 Å². The Kier molecular flexibility index (Phi) is 3.79. The highest BCUT2D eigenvalue weighted by atomic mass is 32.2. The molecule has 110 valence electrons. The zero-order valence-corrected chi connectivity index (χ0v) is 12.5. The number of rotatable bonds is 5. The van der Waals surface area contributed by atoms with Crippen LogP contribution in [-0.2, 0) is 10.0 Å². The lowest BCUT2D eigenvalue weighted by Gasteiger charge is -2.23. The first kappa shape index (κ1) is 14.0. The van der Waals surface area contributed by atoms with Crippen LogP contribution in [0, 0.1) is 0 Å². The van der Waals surface area contributed by atoms with Crippen LogP contribution >= 0.6 is 0 Å². The van der Waals surface area contributed by atoms with Gasteiger partial charge in [-0.25, -0.2) is 13.1 Å². The average molecular weight is 295 g/mol. The van der Waals surface area contributed by atoms with Gasteiger partial charge in [-0.3, -0.25) is 9.88 Å². The number of nitrogens with zero attached hydrogens (tertiary/aromatic N) is 2. The van der Waals surface area contributed by atoms with E-state index in [0.717, 1.165) is 25.1 Å². The van der Waals surface area contributed by atoms with Crippen LogP contribution in [0.2, 0.25) is 0 Å². The largest absolute Gasteiger partial charge is 0.294 e. The molecular weight excluding hydrogens is 274 g/mol. The quantitative estimate of drug-likeness (QED) is 0.889. The molecule has 1 N–H and O–H groups in total. The van der Waals surface area contributed by atoms with Gasteiger partial charge in [0.05, 0.1) is 10.9 Å². The number of hydrogen-bond acceptors (Lipinski definition) is 4. The monoisotopic (exact) mass is 295 g/mol. The van der Waals surface area contributed by atoms with Crippen molar-refractivity contribution in [3.8, 4) is 0 Å². The molecule has 6 heteroatoms. The first-order valence-corrected chi connectivity index (χ1v) is 8.77. The zero-order chi connectivity index (χ0) is 14.2. The summed E-state index contributed by atoms with van der Waals surface area (Å²) < 4.78 is 27.3. The maximum atomic E-state index is 12.2. The summed E-state index contributed by atoms with van der Waals surface area (Å²) in [6.07, 6.45) is 4.46. The lowest BCUT2D eigenvalue weighted by Crippen LogP contribution is -2.37. The standard InChI is InChI=1S/C14H21N3O2S/c1-11(14-4-2-3-8-15-14)17-9-7-13(10-17)20(18,19)16-12-5-6-12/h2-4,8,11-13,16H,5-7,9-10H2,1H3/t11-,13+/m1/s1. The lowest BCUT2D eigenvalue weighted by atomic mass is 10.2. The predicted molar refractivity (Wildman–Crippen MR) is 77.7 cm³/mol. The van der Waals surface area contributed by atoms with Crippen molar-refractivity contribution >= 4 is 10.0 Å². The normalized spacial score (nSPS) is 25.8. The van der Waals surface area contributed by atoms with Gasteiger partial charge in [0.15, 0.2) is 0 Å². The molecule has 1 aromatic rings. The minimum atomic E-state index is -3.16. The molecule has 2 atom stereocenters. The van der Waals surface area contributed by atoms with E-state index < -0.39 is 10.0 Å². The molecule has 20 heavy (non-hydrogen) atoms. The number of aromatic nitrogens is 1. The Morgan fingerprint density at radius 2 is 2.15 bits per heavy atom. The number of pyridine rings is 1. The van der Waals surface area contributed by atoms with Crippen LogP contribution in [0.4, 0.5) is 0 Å². The zero-order valence-electron chi connectivity index (χ0n) is 11.7. The Morgan fingerprint density at radius 1 is 1.35 bits per heavy atom. The highest BCUT2D eigenvalue weighted by Crippen LogP contribution is 2.27. The number of nitrogens with one attached hydrogen (secondary N) is 1. The van der Waals surface area contributed by atoms with Crippen LogP contribution in [0.25, 0.3) is 0 Å². The van der Waals surface area contributed by atoms with E-state index in [-0.39, 0.29) is 17.3 Å². The number of sulfonamides is 1. The average Bonchev–Trinajstić information content (AvgIpc) is 3.09. The number of likely N-dealkylation sites (tertiary alicyclic amines) is 1. The Balaban J connectivity index is 1.64. The van der Waals surface area contributed by atoms with E-state index in [4.69, 9.17) is 0 Å². The van der Waals surface area contributed by atoms with Crippen LogP contribution in [0.3, 0.4) is 0 Å². The Morgan fingerprint density at radius 3 is 2.80 bits per heavy atom. The van der Waals surface area contributed by atoms with Gasteiger partial charge in [-0.05, 0) is 38.3 Å². The third kappa shape index (κ3) is 3.02. The molecule has 1 aromatic heterocycles. The first-order chi connectivity index (χ1) is 9.56. The summed E-state index contributed by atoms with van der Waals surface area (Å²) in [7, 11) is -3.16. The fourth-order valence-corrected chi connectivity index (χ4v) is 4.40. The summed E-state index contributed by atoms with van der Waals surface area (Å²) in [6, 6.07) is 6.22. The molecule has 0 spiro atoms. The minimum Gasteiger partial charge on any atom is -0.294 e. The van der Waals surface area contributed by atoms with Crippen molar-refractivity contribution in [3.63, 3.8) is 0 Å². The van der Waals surface area contributed by atoms with Crippen molar-refractivity contribution in [3.05, 3.63) is 30.1 Å². The first-order valence-electron chi connectivity index (χ1n) is 7.22. The van der Waals surface area contributed by atoms with Crippen LogP contribution in [-0.4, -0.2) is 42.7 Å². The van der Waals surface area contributed by atoms with Crippen molar-refractivity contribution in [2.45, 2.75) is 43.5 Å². The molecule has 1 saturated carbocycles. The van der Waals surface area contributed by atoms with E-state index in [2.05, 4.69) is 21.5 Å². The van der Waals surface area contributed by atoms with E-state index >= 15 is 0 Å². The van der Waals surface area contributed by atoms with Crippen molar-refractivity contribution in [2.75, 3.05) is 13.1 Å². The van der Waals surface area contributed by atoms with E-state index in [0.29, 0.717) is 13.0 Å². The van der Waals surface area contributed by atoms with E-state index in [1.165, 1.54) is 0 Å². The Hall–Kier alpha value is -0.980. The molecule has 0 bridgehead atoms.